The van der Waals surface area contributed by atoms with E-state index in [4.69, 9.17) is 14.6 Å². The quantitative estimate of drug-likeness (QED) is 0.299. The maximum absolute atomic E-state index is 10.6. The molecule has 0 aromatic rings. The average molecular weight is 427 g/mol. The molecular weight excluding hydrogens is 380 g/mol. The second-order valence-electron chi connectivity index (χ2n) is 9.77. The first-order chi connectivity index (χ1) is 14.5. The van der Waals surface area contributed by atoms with Crippen LogP contribution in [-0.2, 0) is 14.3 Å². The van der Waals surface area contributed by atoms with Crippen molar-refractivity contribution in [1.29, 1.82) is 0 Å². The number of rotatable bonds is 16. The summed E-state index contributed by atoms with van der Waals surface area (Å²) in [5, 5.41) is 19.4. The zero-order valence-electron chi connectivity index (χ0n) is 19.4. The van der Waals surface area contributed by atoms with Gasteiger partial charge >= 0.3 is 5.97 Å². The predicted octanol–water partition coefficient (Wildman–Crippen LogP) is 5.93. The van der Waals surface area contributed by atoms with Crippen molar-refractivity contribution in [3.8, 4) is 0 Å². The molecule has 176 valence electrons. The third kappa shape index (κ3) is 8.47. The van der Waals surface area contributed by atoms with Gasteiger partial charge in [0, 0.05) is 19.3 Å². The summed E-state index contributed by atoms with van der Waals surface area (Å²) in [6, 6.07) is 0. The Hall–Kier alpha value is -0.650. The maximum atomic E-state index is 10.6. The second kappa shape index (κ2) is 13.7. The lowest BCUT2D eigenvalue weighted by Crippen LogP contribution is -2.32. The normalized spacial score (nSPS) is 28.2. The molecule has 1 heterocycles. The first-order valence-corrected chi connectivity index (χ1v) is 12.6. The van der Waals surface area contributed by atoms with Crippen LogP contribution in [0, 0.1) is 17.8 Å². The molecule has 5 nitrogen and oxygen atoms in total. The molecule has 2 N–H and O–H groups in total. The van der Waals surface area contributed by atoms with Crippen LogP contribution in [0.25, 0.3) is 0 Å². The highest BCUT2D eigenvalue weighted by atomic mass is 16.7. The van der Waals surface area contributed by atoms with Gasteiger partial charge in [-0.1, -0.05) is 58.8 Å². The second-order valence-corrected chi connectivity index (χ2v) is 9.77. The molecule has 1 aliphatic heterocycles. The van der Waals surface area contributed by atoms with Gasteiger partial charge in [-0.2, -0.15) is 0 Å². The van der Waals surface area contributed by atoms with E-state index in [9.17, 15) is 9.90 Å². The highest BCUT2D eigenvalue weighted by Gasteiger charge is 2.42. The highest BCUT2D eigenvalue weighted by Crippen LogP contribution is 2.44. The Morgan fingerprint density at radius 2 is 1.57 bits per heavy atom. The van der Waals surface area contributed by atoms with Gasteiger partial charge in [0.05, 0.1) is 19.3 Å². The number of ether oxygens (including phenoxy) is 2. The molecule has 1 saturated heterocycles. The van der Waals surface area contributed by atoms with Crippen molar-refractivity contribution in [2.24, 2.45) is 17.8 Å². The Morgan fingerprint density at radius 3 is 2.27 bits per heavy atom. The fraction of sp³-hybridized carbons (Fsp3) is 0.960. The fourth-order valence-corrected chi connectivity index (χ4v) is 5.65. The molecule has 0 bridgehead atoms. The van der Waals surface area contributed by atoms with Crippen molar-refractivity contribution in [2.75, 3.05) is 13.2 Å². The molecule has 0 spiro atoms. The van der Waals surface area contributed by atoms with Crippen LogP contribution in [0.2, 0.25) is 0 Å². The summed E-state index contributed by atoms with van der Waals surface area (Å²) in [6.45, 7) is 5.94. The van der Waals surface area contributed by atoms with Crippen molar-refractivity contribution in [2.45, 2.75) is 122 Å². The number of aliphatic carboxylic acids is 1. The van der Waals surface area contributed by atoms with E-state index >= 15 is 0 Å². The van der Waals surface area contributed by atoms with E-state index in [1.165, 1.54) is 32.1 Å². The summed E-state index contributed by atoms with van der Waals surface area (Å²) < 4.78 is 12.2. The van der Waals surface area contributed by atoms with Gasteiger partial charge in [-0.25, -0.2) is 0 Å². The van der Waals surface area contributed by atoms with E-state index in [2.05, 4.69) is 13.8 Å². The van der Waals surface area contributed by atoms with Crippen LogP contribution in [0.3, 0.4) is 0 Å². The summed E-state index contributed by atoms with van der Waals surface area (Å²) in [7, 11) is 0. The molecule has 0 unspecified atom stereocenters. The Balaban J connectivity index is 1.77. The van der Waals surface area contributed by atoms with E-state index in [-0.39, 0.29) is 18.3 Å². The fourth-order valence-electron chi connectivity index (χ4n) is 5.65. The summed E-state index contributed by atoms with van der Waals surface area (Å²) in [6.07, 6.45) is 15.2. The monoisotopic (exact) mass is 426 g/mol. The number of carboxylic acid groups (broad SMARTS) is 1. The van der Waals surface area contributed by atoms with Gasteiger partial charge in [-0.05, 0) is 49.9 Å². The van der Waals surface area contributed by atoms with E-state index in [0.717, 1.165) is 57.8 Å². The van der Waals surface area contributed by atoms with Crippen LogP contribution >= 0.6 is 0 Å². The minimum atomic E-state index is -0.703. The molecule has 0 aromatic carbocycles. The molecule has 0 amide bonds. The number of hydrogen-bond donors (Lipinski definition) is 2. The molecule has 4 atom stereocenters. The number of unbranched alkanes of at least 4 members (excludes halogenated alkanes) is 7. The summed E-state index contributed by atoms with van der Waals surface area (Å²) in [5.41, 5.74) is 0. The van der Waals surface area contributed by atoms with Crippen LogP contribution < -0.4 is 0 Å². The summed E-state index contributed by atoms with van der Waals surface area (Å²) in [5.74, 6) is 0.345. The molecule has 0 radical (unpaired) electrons. The molecule has 30 heavy (non-hydrogen) atoms. The van der Waals surface area contributed by atoms with Gasteiger partial charge in [0.1, 0.15) is 0 Å². The Morgan fingerprint density at radius 1 is 0.900 bits per heavy atom. The van der Waals surface area contributed by atoms with Gasteiger partial charge in [0.25, 0.3) is 0 Å². The third-order valence-corrected chi connectivity index (χ3v) is 7.40. The standard InChI is InChI=1S/C25H46O5/c1-3-4-5-8-11-15-25(29-17-18-30-25)16-14-21-20(2)19-23(26)22(21)12-9-6-7-10-13-24(27)28/h20-23,26H,3-19H2,1-2H3,(H,27,28)/t20-,21+,22-,23+/m1/s1. The predicted molar refractivity (Wildman–Crippen MR) is 119 cm³/mol. The lowest BCUT2D eigenvalue weighted by Gasteiger charge is -2.31. The van der Waals surface area contributed by atoms with Gasteiger partial charge < -0.3 is 19.7 Å². The largest absolute Gasteiger partial charge is 0.481 e. The van der Waals surface area contributed by atoms with E-state index in [1.807, 2.05) is 0 Å². The van der Waals surface area contributed by atoms with Crippen LogP contribution in [0.5, 0.6) is 0 Å². The molecule has 5 heteroatoms. The Labute approximate surface area is 183 Å². The zero-order chi connectivity index (χ0) is 21.8. The lowest BCUT2D eigenvalue weighted by atomic mass is 9.81. The van der Waals surface area contributed by atoms with Crippen molar-refractivity contribution in [3.63, 3.8) is 0 Å². The van der Waals surface area contributed by atoms with E-state index < -0.39 is 5.97 Å². The van der Waals surface area contributed by atoms with Crippen LogP contribution in [0.15, 0.2) is 0 Å². The zero-order valence-corrected chi connectivity index (χ0v) is 19.4. The van der Waals surface area contributed by atoms with Gasteiger partial charge in [-0.3, -0.25) is 4.79 Å². The number of carboxylic acids is 1. The van der Waals surface area contributed by atoms with Gasteiger partial charge in [-0.15, -0.1) is 0 Å². The van der Waals surface area contributed by atoms with Crippen molar-refractivity contribution in [1.82, 2.24) is 0 Å². The molecule has 2 aliphatic rings. The lowest BCUT2D eigenvalue weighted by molar-refractivity contribution is -0.171. The minimum Gasteiger partial charge on any atom is -0.481 e. The van der Waals surface area contributed by atoms with Crippen LogP contribution in [0.4, 0.5) is 0 Å². The van der Waals surface area contributed by atoms with Crippen LogP contribution in [0.1, 0.15) is 110 Å². The van der Waals surface area contributed by atoms with Crippen LogP contribution in [-0.4, -0.2) is 41.3 Å². The van der Waals surface area contributed by atoms with Gasteiger partial charge in [0.2, 0.25) is 0 Å². The third-order valence-electron chi connectivity index (χ3n) is 7.40. The first kappa shape index (κ1) is 25.6. The smallest absolute Gasteiger partial charge is 0.303 e. The molecule has 1 aliphatic carbocycles. The molecule has 0 aromatic heterocycles. The van der Waals surface area contributed by atoms with Gasteiger partial charge in [0.15, 0.2) is 5.79 Å². The minimum absolute atomic E-state index is 0.195. The topological polar surface area (TPSA) is 76.0 Å². The van der Waals surface area contributed by atoms with Crippen molar-refractivity contribution in [3.05, 3.63) is 0 Å². The van der Waals surface area contributed by atoms with Crippen molar-refractivity contribution < 1.29 is 24.5 Å². The summed E-state index contributed by atoms with van der Waals surface area (Å²) >= 11 is 0. The maximum Gasteiger partial charge on any atom is 0.303 e. The number of aliphatic hydroxyl groups is 1. The highest BCUT2D eigenvalue weighted by molar-refractivity contribution is 5.66. The Bertz CT molecular complexity index is 474. The van der Waals surface area contributed by atoms with E-state index in [0.29, 0.717) is 31.0 Å². The SMILES string of the molecule is CCCCCCCC1(CC[C@@H]2[C@@H](CCCCCCC(=O)O)[C@@H](O)C[C@H]2C)OCCO1. The number of carbonyl (C=O) groups is 1. The van der Waals surface area contributed by atoms with Crippen molar-refractivity contribution >= 4 is 5.97 Å². The number of hydrogen-bond acceptors (Lipinski definition) is 4. The van der Waals surface area contributed by atoms with E-state index in [1.54, 1.807) is 0 Å². The molecule has 1 saturated carbocycles. The molecule has 2 rings (SSSR count). The molecule has 2 fully saturated rings. The summed E-state index contributed by atoms with van der Waals surface area (Å²) in [4.78, 5) is 10.6. The average Bonchev–Trinajstić information content (AvgIpc) is 3.27. The number of aliphatic hydroxyl groups excluding tert-OH is 1. The Kier molecular flexibility index (Phi) is 11.7. The molecular formula is C25H46O5. The first-order valence-electron chi connectivity index (χ1n) is 12.6.